The predicted molar refractivity (Wildman–Crippen MR) is 93.0 cm³/mol. The number of amides is 1. The lowest BCUT2D eigenvalue weighted by Gasteiger charge is -2.08. The van der Waals surface area contributed by atoms with Crippen molar-refractivity contribution in [2.45, 2.75) is 0 Å². The van der Waals surface area contributed by atoms with E-state index in [1.165, 1.54) is 19.2 Å². The lowest BCUT2D eigenvalue weighted by molar-refractivity contribution is -0.384. The molecule has 0 aliphatic heterocycles. The third-order valence-corrected chi connectivity index (χ3v) is 3.41. The number of nitro groups is 1. The lowest BCUT2D eigenvalue weighted by atomic mass is 10.1. The summed E-state index contributed by atoms with van der Waals surface area (Å²) < 4.78 is 4.87. The minimum Gasteiger partial charge on any atom is -0.452 e. The van der Waals surface area contributed by atoms with Gasteiger partial charge in [0, 0.05) is 23.8 Å². The third kappa shape index (κ3) is 4.92. The fraction of sp³-hybridized carbons (Fsp3) is 0.125. The SMILES string of the molecule is CNc1ccc(C(=O)OCC(=O)Nc2ccc(Cl)cc2)cc1[N+](=O)[O-]. The number of hydrogen-bond donors (Lipinski definition) is 2. The summed E-state index contributed by atoms with van der Waals surface area (Å²) in [6.07, 6.45) is 0. The van der Waals surface area contributed by atoms with Gasteiger partial charge in [0.15, 0.2) is 6.61 Å². The molecular weight excluding hydrogens is 350 g/mol. The lowest BCUT2D eigenvalue weighted by Crippen LogP contribution is -2.21. The number of halogens is 1. The molecular formula is C16H14ClN3O5. The van der Waals surface area contributed by atoms with E-state index in [4.69, 9.17) is 16.3 Å². The highest BCUT2D eigenvalue weighted by Gasteiger charge is 2.18. The van der Waals surface area contributed by atoms with Gasteiger partial charge in [0.2, 0.25) is 0 Å². The summed E-state index contributed by atoms with van der Waals surface area (Å²) in [6, 6.07) is 10.3. The number of anilines is 2. The molecule has 0 atom stereocenters. The Kier molecular flexibility index (Phi) is 5.91. The van der Waals surface area contributed by atoms with Gasteiger partial charge in [-0.1, -0.05) is 11.6 Å². The van der Waals surface area contributed by atoms with E-state index in [0.29, 0.717) is 10.7 Å². The number of carbonyl (C=O) groups is 2. The minimum absolute atomic E-state index is 0.0232. The molecule has 130 valence electrons. The van der Waals surface area contributed by atoms with Gasteiger partial charge in [0.25, 0.3) is 11.6 Å². The van der Waals surface area contributed by atoms with Crippen LogP contribution < -0.4 is 10.6 Å². The quantitative estimate of drug-likeness (QED) is 0.463. The van der Waals surface area contributed by atoms with Gasteiger partial charge in [-0.3, -0.25) is 14.9 Å². The molecule has 0 aromatic heterocycles. The van der Waals surface area contributed by atoms with Crippen molar-refractivity contribution in [3.8, 4) is 0 Å². The molecule has 0 saturated heterocycles. The Hall–Kier alpha value is -3.13. The topological polar surface area (TPSA) is 111 Å². The van der Waals surface area contributed by atoms with Gasteiger partial charge in [-0.05, 0) is 36.4 Å². The zero-order valence-corrected chi connectivity index (χ0v) is 13.9. The van der Waals surface area contributed by atoms with Gasteiger partial charge in [0.1, 0.15) is 5.69 Å². The van der Waals surface area contributed by atoms with Gasteiger partial charge in [0.05, 0.1) is 10.5 Å². The van der Waals surface area contributed by atoms with Gasteiger partial charge in [-0.2, -0.15) is 0 Å². The van der Waals surface area contributed by atoms with Crippen LogP contribution in [0.1, 0.15) is 10.4 Å². The van der Waals surface area contributed by atoms with Crippen molar-refractivity contribution >= 4 is 40.5 Å². The Balaban J connectivity index is 1.97. The summed E-state index contributed by atoms with van der Waals surface area (Å²) in [5.74, 6) is -1.38. The molecule has 0 radical (unpaired) electrons. The van der Waals surface area contributed by atoms with Gasteiger partial charge in [-0.25, -0.2) is 4.79 Å². The molecule has 25 heavy (non-hydrogen) atoms. The first-order chi connectivity index (χ1) is 11.9. The minimum atomic E-state index is -0.836. The van der Waals surface area contributed by atoms with E-state index in [-0.39, 0.29) is 16.9 Å². The number of benzene rings is 2. The number of ether oxygens (including phenoxy) is 1. The second kappa shape index (κ2) is 8.11. The average molecular weight is 364 g/mol. The zero-order valence-electron chi connectivity index (χ0n) is 13.1. The van der Waals surface area contributed by atoms with Crippen molar-refractivity contribution in [1.82, 2.24) is 0 Å². The van der Waals surface area contributed by atoms with E-state index in [0.717, 1.165) is 6.07 Å². The highest BCUT2D eigenvalue weighted by molar-refractivity contribution is 6.30. The second-order valence-corrected chi connectivity index (χ2v) is 5.31. The van der Waals surface area contributed by atoms with Crippen LogP contribution in [0, 0.1) is 10.1 Å². The first-order valence-electron chi connectivity index (χ1n) is 7.09. The second-order valence-electron chi connectivity index (χ2n) is 4.87. The van der Waals surface area contributed by atoms with Crippen LogP contribution in [0.25, 0.3) is 0 Å². The van der Waals surface area contributed by atoms with Crippen LogP contribution in [0.3, 0.4) is 0 Å². The van der Waals surface area contributed by atoms with Crippen LogP contribution in [0.2, 0.25) is 5.02 Å². The highest BCUT2D eigenvalue weighted by atomic mass is 35.5. The summed E-state index contributed by atoms with van der Waals surface area (Å²) in [7, 11) is 1.53. The molecule has 0 spiro atoms. The number of rotatable bonds is 6. The Morgan fingerprint density at radius 2 is 1.88 bits per heavy atom. The molecule has 2 rings (SSSR count). The Morgan fingerprint density at radius 1 is 1.20 bits per heavy atom. The van der Waals surface area contributed by atoms with Crippen molar-refractivity contribution in [2.24, 2.45) is 0 Å². The summed E-state index contributed by atoms with van der Waals surface area (Å²) in [6.45, 7) is -0.525. The van der Waals surface area contributed by atoms with Gasteiger partial charge >= 0.3 is 5.97 Å². The molecule has 0 heterocycles. The molecule has 0 aliphatic carbocycles. The summed E-state index contributed by atoms with van der Waals surface area (Å²) in [5.41, 5.74) is 0.481. The van der Waals surface area contributed by atoms with Crippen LogP contribution in [0.5, 0.6) is 0 Å². The maximum Gasteiger partial charge on any atom is 0.338 e. The Bertz CT molecular complexity index is 808. The largest absolute Gasteiger partial charge is 0.452 e. The molecule has 9 heteroatoms. The molecule has 0 saturated carbocycles. The molecule has 2 N–H and O–H groups in total. The van der Waals surface area contributed by atoms with E-state index in [2.05, 4.69) is 10.6 Å². The van der Waals surface area contributed by atoms with E-state index in [9.17, 15) is 19.7 Å². The van der Waals surface area contributed by atoms with E-state index >= 15 is 0 Å². The highest BCUT2D eigenvalue weighted by Crippen LogP contribution is 2.25. The van der Waals surface area contributed by atoms with Crippen LogP contribution >= 0.6 is 11.6 Å². The predicted octanol–water partition coefficient (Wildman–Crippen LogP) is 3.09. The van der Waals surface area contributed by atoms with Crippen molar-refractivity contribution in [3.63, 3.8) is 0 Å². The fourth-order valence-corrected chi connectivity index (χ4v) is 2.09. The molecule has 2 aromatic carbocycles. The number of nitro benzene ring substituents is 1. The fourth-order valence-electron chi connectivity index (χ4n) is 1.97. The molecule has 8 nitrogen and oxygen atoms in total. The molecule has 1 amide bonds. The summed E-state index contributed by atoms with van der Waals surface area (Å²) >= 11 is 5.74. The van der Waals surface area contributed by atoms with Crippen molar-refractivity contribution in [1.29, 1.82) is 0 Å². The van der Waals surface area contributed by atoms with Crippen LogP contribution in [0.4, 0.5) is 17.1 Å². The summed E-state index contributed by atoms with van der Waals surface area (Å²) in [4.78, 5) is 34.1. The summed E-state index contributed by atoms with van der Waals surface area (Å²) in [5, 5.41) is 16.7. The smallest absolute Gasteiger partial charge is 0.338 e. The Morgan fingerprint density at radius 3 is 2.48 bits per heavy atom. The molecule has 0 unspecified atom stereocenters. The Labute approximate surface area is 147 Å². The number of carbonyl (C=O) groups excluding carboxylic acids is 2. The monoisotopic (exact) mass is 363 g/mol. The van der Waals surface area contributed by atoms with E-state index in [1.54, 1.807) is 24.3 Å². The molecule has 0 aliphatic rings. The van der Waals surface area contributed by atoms with E-state index < -0.39 is 23.4 Å². The van der Waals surface area contributed by atoms with Gasteiger partial charge in [-0.15, -0.1) is 0 Å². The van der Waals surface area contributed by atoms with Crippen molar-refractivity contribution in [2.75, 3.05) is 24.3 Å². The maximum absolute atomic E-state index is 12.0. The van der Waals surface area contributed by atoms with Crippen molar-refractivity contribution in [3.05, 3.63) is 63.2 Å². The first kappa shape index (κ1) is 18.2. The van der Waals surface area contributed by atoms with Crippen LogP contribution in [-0.4, -0.2) is 30.5 Å². The van der Waals surface area contributed by atoms with E-state index in [1.807, 2.05) is 0 Å². The molecule has 2 aromatic rings. The number of hydrogen-bond acceptors (Lipinski definition) is 6. The normalized spacial score (nSPS) is 10.0. The first-order valence-corrected chi connectivity index (χ1v) is 7.47. The third-order valence-electron chi connectivity index (χ3n) is 3.16. The van der Waals surface area contributed by atoms with Crippen LogP contribution in [0.15, 0.2) is 42.5 Å². The number of nitrogens with one attached hydrogen (secondary N) is 2. The zero-order chi connectivity index (χ0) is 18.4. The molecule has 0 fully saturated rings. The maximum atomic E-state index is 12.0. The standard InChI is InChI=1S/C16H14ClN3O5/c1-18-13-7-2-10(8-14(13)20(23)24)16(22)25-9-15(21)19-12-5-3-11(17)4-6-12/h2-8,18H,9H2,1H3,(H,19,21). The average Bonchev–Trinajstić information content (AvgIpc) is 2.61. The van der Waals surface area contributed by atoms with Gasteiger partial charge < -0.3 is 15.4 Å². The van der Waals surface area contributed by atoms with Crippen LogP contribution in [-0.2, 0) is 9.53 Å². The number of esters is 1. The van der Waals surface area contributed by atoms with Crippen molar-refractivity contribution < 1.29 is 19.2 Å². The number of nitrogens with zero attached hydrogens (tertiary/aromatic N) is 1. The molecule has 0 bridgehead atoms.